The summed E-state index contributed by atoms with van der Waals surface area (Å²) in [5, 5.41) is 10.5. The predicted molar refractivity (Wildman–Crippen MR) is 93.0 cm³/mol. The number of nitrogens with zero attached hydrogens (tertiary/aromatic N) is 1. The van der Waals surface area contributed by atoms with Crippen molar-refractivity contribution in [2.45, 2.75) is 26.0 Å². The topological polar surface area (TPSA) is 23.5 Å². The summed E-state index contributed by atoms with van der Waals surface area (Å²) >= 11 is 9.80. The van der Waals surface area contributed by atoms with Gasteiger partial charge in [-0.2, -0.15) is 0 Å². The highest BCUT2D eigenvalue weighted by atomic mass is 79.9. The third-order valence-electron chi connectivity index (χ3n) is 3.78. The van der Waals surface area contributed by atoms with Crippen LogP contribution in [0.1, 0.15) is 37.1 Å². The summed E-state index contributed by atoms with van der Waals surface area (Å²) in [6.45, 7) is 3.88. The second kappa shape index (κ2) is 6.82. The molecule has 2 nitrogen and oxygen atoms in total. The molecule has 2 atom stereocenters. The molecule has 0 aliphatic rings. The van der Waals surface area contributed by atoms with Crippen molar-refractivity contribution >= 4 is 33.2 Å². The average Bonchev–Trinajstić information content (AvgIpc) is 2.45. The lowest BCUT2D eigenvalue weighted by atomic mass is 10.1. The minimum absolute atomic E-state index is 0.156. The van der Waals surface area contributed by atoms with Gasteiger partial charge in [0.05, 0.1) is 12.1 Å². The van der Waals surface area contributed by atoms with Crippen LogP contribution in [0.5, 0.6) is 0 Å². The van der Waals surface area contributed by atoms with Gasteiger partial charge in [0.25, 0.3) is 0 Å². The first-order valence-electron chi connectivity index (χ1n) is 6.86. The Labute approximate surface area is 139 Å². The third kappa shape index (κ3) is 3.60. The zero-order chi connectivity index (χ0) is 15.6. The minimum Gasteiger partial charge on any atom is -0.389 e. The number of rotatable bonds is 4. The Bertz CT molecular complexity index is 630. The lowest BCUT2D eigenvalue weighted by Crippen LogP contribution is -2.22. The van der Waals surface area contributed by atoms with Crippen molar-refractivity contribution in [2.75, 3.05) is 11.9 Å². The standard InChI is InChI=1S/C17H19BrClNO/c1-11(14-6-4-5-7-17(14)19)20(3)13-8-9-15(12(2)21)16(18)10-13/h4-12,21H,1-3H3/t11?,12-/m0/s1. The van der Waals surface area contributed by atoms with Gasteiger partial charge in [0, 0.05) is 22.2 Å². The molecule has 2 rings (SSSR count). The van der Waals surface area contributed by atoms with Gasteiger partial charge in [0.2, 0.25) is 0 Å². The maximum absolute atomic E-state index is 9.70. The van der Waals surface area contributed by atoms with E-state index in [-0.39, 0.29) is 6.04 Å². The van der Waals surface area contributed by atoms with E-state index in [1.807, 2.05) is 49.5 Å². The van der Waals surface area contributed by atoms with Crippen LogP contribution >= 0.6 is 27.5 Å². The number of anilines is 1. The first-order chi connectivity index (χ1) is 9.91. The Hall–Kier alpha value is -1.03. The van der Waals surface area contributed by atoms with Crippen molar-refractivity contribution in [3.63, 3.8) is 0 Å². The first kappa shape index (κ1) is 16.3. The van der Waals surface area contributed by atoms with Crippen LogP contribution in [0.4, 0.5) is 5.69 Å². The minimum atomic E-state index is -0.486. The smallest absolute Gasteiger partial charge is 0.0772 e. The van der Waals surface area contributed by atoms with Crippen molar-refractivity contribution in [3.8, 4) is 0 Å². The van der Waals surface area contributed by atoms with Crippen molar-refractivity contribution in [3.05, 3.63) is 63.1 Å². The number of benzene rings is 2. The van der Waals surface area contributed by atoms with Gasteiger partial charge in [0.1, 0.15) is 0 Å². The zero-order valence-electron chi connectivity index (χ0n) is 12.3. The van der Waals surface area contributed by atoms with Gasteiger partial charge in [-0.1, -0.05) is 51.8 Å². The van der Waals surface area contributed by atoms with Gasteiger partial charge in [-0.25, -0.2) is 0 Å². The van der Waals surface area contributed by atoms with Crippen molar-refractivity contribution in [1.29, 1.82) is 0 Å². The van der Waals surface area contributed by atoms with Crippen LogP contribution in [0.15, 0.2) is 46.9 Å². The third-order valence-corrected chi connectivity index (χ3v) is 4.81. The van der Waals surface area contributed by atoms with Crippen LogP contribution in [-0.4, -0.2) is 12.2 Å². The first-order valence-corrected chi connectivity index (χ1v) is 8.03. The van der Waals surface area contributed by atoms with Crippen molar-refractivity contribution < 1.29 is 5.11 Å². The molecule has 4 heteroatoms. The van der Waals surface area contributed by atoms with E-state index in [1.165, 1.54) is 0 Å². The molecule has 0 aliphatic heterocycles. The van der Waals surface area contributed by atoms with Crippen LogP contribution in [0.3, 0.4) is 0 Å². The van der Waals surface area contributed by atoms with Crippen molar-refractivity contribution in [2.24, 2.45) is 0 Å². The summed E-state index contributed by atoms with van der Waals surface area (Å²) < 4.78 is 0.910. The van der Waals surface area contributed by atoms with Gasteiger partial charge in [0.15, 0.2) is 0 Å². The molecule has 0 saturated heterocycles. The van der Waals surface area contributed by atoms with Crippen LogP contribution in [0, 0.1) is 0 Å². The van der Waals surface area contributed by atoms with Gasteiger partial charge >= 0.3 is 0 Å². The highest BCUT2D eigenvalue weighted by molar-refractivity contribution is 9.10. The number of aliphatic hydroxyl groups is 1. The Morgan fingerprint density at radius 2 is 1.76 bits per heavy atom. The van der Waals surface area contributed by atoms with E-state index in [2.05, 4.69) is 27.8 Å². The summed E-state index contributed by atoms with van der Waals surface area (Å²) in [6, 6.07) is 14.0. The summed E-state index contributed by atoms with van der Waals surface area (Å²) in [7, 11) is 2.04. The van der Waals surface area contributed by atoms with E-state index in [9.17, 15) is 5.11 Å². The van der Waals surface area contributed by atoms with Gasteiger partial charge < -0.3 is 10.0 Å². The lowest BCUT2D eigenvalue weighted by molar-refractivity contribution is 0.198. The molecule has 0 bridgehead atoms. The summed E-state index contributed by atoms with van der Waals surface area (Å²) in [5.41, 5.74) is 3.05. The number of hydrogen-bond acceptors (Lipinski definition) is 2. The molecule has 2 aromatic rings. The second-order valence-electron chi connectivity index (χ2n) is 5.19. The lowest BCUT2D eigenvalue weighted by Gasteiger charge is -2.28. The van der Waals surface area contributed by atoms with Gasteiger partial charge in [-0.15, -0.1) is 0 Å². The average molecular weight is 369 g/mol. The van der Waals surface area contributed by atoms with Crippen LogP contribution in [0.25, 0.3) is 0 Å². The number of halogens is 2. The molecule has 0 heterocycles. The van der Waals surface area contributed by atoms with Crippen LogP contribution in [-0.2, 0) is 0 Å². The Morgan fingerprint density at radius 1 is 1.10 bits per heavy atom. The molecule has 112 valence electrons. The maximum Gasteiger partial charge on any atom is 0.0772 e. The molecule has 21 heavy (non-hydrogen) atoms. The molecule has 0 fully saturated rings. The molecule has 1 unspecified atom stereocenters. The summed E-state index contributed by atoms with van der Waals surface area (Å²) in [4.78, 5) is 2.16. The van der Waals surface area contributed by atoms with E-state index >= 15 is 0 Å². The fourth-order valence-corrected chi connectivity index (χ4v) is 3.31. The molecular formula is C17H19BrClNO. The van der Waals surface area contributed by atoms with E-state index in [4.69, 9.17) is 11.6 Å². The number of aliphatic hydroxyl groups excluding tert-OH is 1. The molecule has 0 saturated carbocycles. The Kier molecular flexibility index (Phi) is 5.31. The predicted octanol–water partition coefficient (Wildman–Crippen LogP) is 5.35. The number of hydrogen-bond donors (Lipinski definition) is 1. The van der Waals surface area contributed by atoms with E-state index in [0.29, 0.717) is 0 Å². The largest absolute Gasteiger partial charge is 0.389 e. The molecular weight excluding hydrogens is 350 g/mol. The fourth-order valence-electron chi connectivity index (χ4n) is 2.32. The van der Waals surface area contributed by atoms with E-state index in [0.717, 1.165) is 26.3 Å². The normalized spacial score (nSPS) is 13.8. The molecule has 1 N–H and O–H groups in total. The van der Waals surface area contributed by atoms with E-state index in [1.54, 1.807) is 6.92 Å². The quantitative estimate of drug-likeness (QED) is 0.786. The highest BCUT2D eigenvalue weighted by Crippen LogP contribution is 2.33. The highest BCUT2D eigenvalue weighted by Gasteiger charge is 2.16. The van der Waals surface area contributed by atoms with E-state index < -0.39 is 6.10 Å². The van der Waals surface area contributed by atoms with Crippen LogP contribution < -0.4 is 4.90 Å². The van der Waals surface area contributed by atoms with Crippen LogP contribution in [0.2, 0.25) is 5.02 Å². The molecule has 0 aromatic heterocycles. The molecule has 0 spiro atoms. The molecule has 0 amide bonds. The molecule has 0 aliphatic carbocycles. The summed E-state index contributed by atoms with van der Waals surface area (Å²) in [5.74, 6) is 0. The van der Waals surface area contributed by atoms with Gasteiger partial charge in [-0.05, 0) is 43.2 Å². The van der Waals surface area contributed by atoms with Crippen molar-refractivity contribution in [1.82, 2.24) is 0 Å². The molecule has 0 radical (unpaired) electrons. The second-order valence-corrected chi connectivity index (χ2v) is 6.45. The summed E-state index contributed by atoms with van der Waals surface area (Å²) in [6.07, 6.45) is -0.486. The zero-order valence-corrected chi connectivity index (χ0v) is 14.7. The monoisotopic (exact) mass is 367 g/mol. The fraction of sp³-hybridized carbons (Fsp3) is 0.294. The van der Waals surface area contributed by atoms with Gasteiger partial charge in [-0.3, -0.25) is 0 Å². The molecule has 2 aromatic carbocycles. The Balaban J connectivity index is 2.30. The SMILES string of the molecule is CC(c1ccccc1Cl)N(C)c1ccc([C@H](C)O)c(Br)c1. The Morgan fingerprint density at radius 3 is 2.33 bits per heavy atom. The maximum atomic E-state index is 9.70.